The van der Waals surface area contributed by atoms with Gasteiger partial charge in [0.15, 0.2) is 11.5 Å². The van der Waals surface area contributed by atoms with Gasteiger partial charge in [0.05, 0.1) is 6.54 Å². The van der Waals surface area contributed by atoms with E-state index in [2.05, 4.69) is 15.0 Å². The van der Waals surface area contributed by atoms with Gasteiger partial charge in [-0.2, -0.15) is 0 Å². The quantitative estimate of drug-likeness (QED) is 0.388. The molecule has 0 unspecified atom stereocenters. The molecule has 1 aromatic heterocycles. The highest BCUT2D eigenvalue weighted by molar-refractivity contribution is 5.91. The minimum Gasteiger partial charge on any atom is -0.359 e. The van der Waals surface area contributed by atoms with Crippen LogP contribution in [0.1, 0.15) is 16.2 Å². The first kappa shape index (κ1) is 13.6. The van der Waals surface area contributed by atoms with Gasteiger partial charge in [-0.15, -0.1) is 0 Å². The van der Waals surface area contributed by atoms with Crippen LogP contribution in [0.5, 0.6) is 0 Å². The van der Waals surface area contributed by atoms with Gasteiger partial charge in [0, 0.05) is 19.2 Å². The highest BCUT2D eigenvalue weighted by Gasteiger charge is 2.12. The minimum absolute atomic E-state index is 0.198. The molecule has 0 radical (unpaired) electrons. The van der Waals surface area contributed by atoms with Gasteiger partial charge >= 0.3 is 0 Å². The number of hydrogen-bond donors (Lipinski definition) is 2. The molecule has 7 heteroatoms. The SMILES string of the molecule is CN(C)CCN(C)Cc1cc(C(=O)NN)no1. The molecule has 0 atom stereocenters. The molecule has 0 aliphatic heterocycles. The maximum atomic E-state index is 11.1. The number of nitrogens with one attached hydrogen (secondary N) is 1. The van der Waals surface area contributed by atoms with Crippen molar-refractivity contribution in [3.63, 3.8) is 0 Å². The highest BCUT2D eigenvalue weighted by atomic mass is 16.5. The Morgan fingerprint density at radius 3 is 2.76 bits per heavy atom. The van der Waals surface area contributed by atoms with E-state index in [1.54, 1.807) is 6.07 Å². The molecule has 7 nitrogen and oxygen atoms in total. The molecule has 0 aliphatic carbocycles. The Kier molecular flexibility index (Phi) is 5.08. The van der Waals surface area contributed by atoms with Crippen LogP contribution in [0.25, 0.3) is 0 Å². The Labute approximate surface area is 100 Å². The number of amides is 1. The molecule has 1 heterocycles. The molecule has 0 fully saturated rings. The standard InChI is InChI=1S/C10H19N5O2/c1-14(2)4-5-15(3)7-8-6-9(13-17-8)10(16)12-11/h6H,4-5,7,11H2,1-3H3,(H,12,16). The van der Waals surface area contributed by atoms with E-state index in [0.29, 0.717) is 12.3 Å². The Hall–Kier alpha value is -1.44. The average Bonchev–Trinajstić information content (AvgIpc) is 2.73. The Bertz CT molecular complexity index is 363. The third kappa shape index (κ3) is 4.51. The molecule has 17 heavy (non-hydrogen) atoms. The second kappa shape index (κ2) is 6.33. The first-order valence-electron chi connectivity index (χ1n) is 5.32. The van der Waals surface area contributed by atoms with Crippen LogP contribution in [0.2, 0.25) is 0 Å². The van der Waals surface area contributed by atoms with E-state index >= 15 is 0 Å². The first-order valence-corrected chi connectivity index (χ1v) is 5.32. The number of nitrogens with two attached hydrogens (primary N) is 1. The molecule has 1 aromatic rings. The summed E-state index contributed by atoms with van der Waals surface area (Å²) in [6, 6.07) is 1.59. The largest absolute Gasteiger partial charge is 0.359 e. The summed E-state index contributed by atoms with van der Waals surface area (Å²) >= 11 is 0. The Morgan fingerprint density at radius 1 is 1.47 bits per heavy atom. The van der Waals surface area contributed by atoms with Crippen molar-refractivity contribution < 1.29 is 9.32 Å². The van der Waals surface area contributed by atoms with Gasteiger partial charge in [-0.1, -0.05) is 5.16 Å². The zero-order valence-electron chi connectivity index (χ0n) is 10.4. The molecule has 0 spiro atoms. The van der Waals surface area contributed by atoms with Crippen LogP contribution in [0.15, 0.2) is 10.6 Å². The number of nitrogen functional groups attached to an aromatic ring is 1. The van der Waals surface area contributed by atoms with Crippen molar-refractivity contribution in [1.82, 2.24) is 20.4 Å². The van der Waals surface area contributed by atoms with E-state index in [1.165, 1.54) is 0 Å². The molecule has 1 rings (SSSR count). The van der Waals surface area contributed by atoms with Crippen molar-refractivity contribution >= 4 is 5.91 Å². The molecular weight excluding hydrogens is 222 g/mol. The van der Waals surface area contributed by atoms with Crippen molar-refractivity contribution in [1.29, 1.82) is 0 Å². The minimum atomic E-state index is -0.448. The Balaban J connectivity index is 2.46. The normalized spacial score (nSPS) is 11.2. The summed E-state index contributed by atoms with van der Waals surface area (Å²) in [5.74, 6) is 5.19. The highest BCUT2D eigenvalue weighted by Crippen LogP contribution is 2.06. The van der Waals surface area contributed by atoms with Gasteiger partial charge in [0.2, 0.25) is 0 Å². The molecule has 0 bridgehead atoms. The molecule has 1 amide bonds. The Morgan fingerprint density at radius 2 is 2.18 bits per heavy atom. The number of hydrazine groups is 1. The summed E-state index contributed by atoms with van der Waals surface area (Å²) in [4.78, 5) is 15.3. The van der Waals surface area contributed by atoms with Gasteiger partial charge in [-0.3, -0.25) is 15.1 Å². The molecule has 0 saturated carbocycles. The van der Waals surface area contributed by atoms with Crippen LogP contribution in [-0.2, 0) is 6.54 Å². The van der Waals surface area contributed by atoms with E-state index in [4.69, 9.17) is 10.4 Å². The van der Waals surface area contributed by atoms with Crippen molar-refractivity contribution in [3.8, 4) is 0 Å². The lowest BCUT2D eigenvalue weighted by Gasteiger charge is -2.17. The van der Waals surface area contributed by atoms with E-state index < -0.39 is 5.91 Å². The summed E-state index contributed by atoms with van der Waals surface area (Å²) in [5.41, 5.74) is 2.20. The zero-order valence-corrected chi connectivity index (χ0v) is 10.4. The molecule has 3 N–H and O–H groups in total. The molecular formula is C10H19N5O2. The summed E-state index contributed by atoms with van der Waals surface area (Å²) < 4.78 is 5.04. The van der Waals surface area contributed by atoms with E-state index in [-0.39, 0.29) is 5.69 Å². The van der Waals surface area contributed by atoms with Crippen molar-refractivity contribution in [3.05, 3.63) is 17.5 Å². The van der Waals surface area contributed by atoms with Gasteiger partial charge in [0.25, 0.3) is 5.91 Å². The fraction of sp³-hybridized carbons (Fsp3) is 0.600. The van der Waals surface area contributed by atoms with Gasteiger partial charge in [0.1, 0.15) is 0 Å². The second-order valence-electron chi connectivity index (χ2n) is 4.19. The van der Waals surface area contributed by atoms with Crippen molar-refractivity contribution in [2.45, 2.75) is 6.54 Å². The number of nitrogens with zero attached hydrogens (tertiary/aromatic N) is 3. The summed E-state index contributed by atoms with van der Waals surface area (Å²) in [7, 11) is 6.02. The molecule has 96 valence electrons. The fourth-order valence-corrected chi connectivity index (χ4v) is 1.28. The van der Waals surface area contributed by atoms with Crippen molar-refractivity contribution in [2.75, 3.05) is 34.2 Å². The zero-order chi connectivity index (χ0) is 12.8. The third-order valence-electron chi connectivity index (χ3n) is 2.28. The third-order valence-corrected chi connectivity index (χ3v) is 2.28. The number of likely N-dealkylation sites (N-methyl/N-ethyl adjacent to an activating group) is 2. The molecule has 0 aromatic carbocycles. The smallest absolute Gasteiger partial charge is 0.287 e. The lowest BCUT2D eigenvalue weighted by atomic mass is 10.3. The average molecular weight is 241 g/mol. The van der Waals surface area contributed by atoms with Crippen molar-refractivity contribution in [2.24, 2.45) is 5.84 Å². The van der Waals surface area contributed by atoms with Crippen LogP contribution < -0.4 is 11.3 Å². The lowest BCUT2D eigenvalue weighted by Crippen LogP contribution is -2.30. The van der Waals surface area contributed by atoms with E-state index in [1.807, 2.05) is 26.6 Å². The summed E-state index contributed by atoms with van der Waals surface area (Å²) in [5, 5.41) is 3.63. The summed E-state index contributed by atoms with van der Waals surface area (Å²) in [6.45, 7) is 2.48. The van der Waals surface area contributed by atoms with Gasteiger partial charge in [-0.05, 0) is 21.1 Å². The lowest BCUT2D eigenvalue weighted by molar-refractivity contribution is 0.0944. The number of rotatable bonds is 6. The monoisotopic (exact) mass is 241 g/mol. The number of hydrogen-bond acceptors (Lipinski definition) is 6. The van der Waals surface area contributed by atoms with Crippen LogP contribution in [-0.4, -0.2) is 55.1 Å². The molecule has 0 aliphatic rings. The van der Waals surface area contributed by atoms with Crippen LogP contribution in [0.3, 0.4) is 0 Å². The van der Waals surface area contributed by atoms with E-state index in [0.717, 1.165) is 13.1 Å². The number of carbonyl (C=O) groups is 1. The van der Waals surface area contributed by atoms with Crippen LogP contribution in [0.4, 0.5) is 0 Å². The predicted molar refractivity (Wildman–Crippen MR) is 63.0 cm³/mol. The number of carbonyl (C=O) groups excluding carboxylic acids is 1. The van der Waals surface area contributed by atoms with Gasteiger partial charge < -0.3 is 9.42 Å². The first-order chi connectivity index (χ1) is 8.02. The van der Waals surface area contributed by atoms with Crippen LogP contribution >= 0.6 is 0 Å². The second-order valence-corrected chi connectivity index (χ2v) is 4.19. The predicted octanol–water partition coefficient (Wildman–Crippen LogP) is -0.728. The topological polar surface area (TPSA) is 87.6 Å². The molecule has 0 saturated heterocycles. The van der Waals surface area contributed by atoms with Crippen LogP contribution in [0, 0.1) is 0 Å². The maximum Gasteiger partial charge on any atom is 0.287 e. The van der Waals surface area contributed by atoms with Gasteiger partial charge in [-0.25, -0.2) is 5.84 Å². The summed E-state index contributed by atoms with van der Waals surface area (Å²) in [6.07, 6.45) is 0. The fourth-order valence-electron chi connectivity index (χ4n) is 1.28. The maximum absolute atomic E-state index is 11.1. The number of aromatic nitrogens is 1. The van der Waals surface area contributed by atoms with E-state index in [9.17, 15) is 4.79 Å².